The van der Waals surface area contributed by atoms with Crippen molar-refractivity contribution in [1.82, 2.24) is 4.73 Å². The van der Waals surface area contributed by atoms with Crippen LogP contribution < -0.4 is 4.84 Å². The van der Waals surface area contributed by atoms with E-state index in [9.17, 15) is 15.6 Å². The summed E-state index contributed by atoms with van der Waals surface area (Å²) in [4.78, 5) is 5.51. The van der Waals surface area contributed by atoms with Gasteiger partial charge in [0.1, 0.15) is 19.2 Å². The van der Waals surface area contributed by atoms with Gasteiger partial charge in [-0.3, -0.25) is 0 Å². The van der Waals surface area contributed by atoms with Gasteiger partial charge in [-0.05, 0) is 19.1 Å². The second-order valence-corrected chi connectivity index (χ2v) is 5.47. The third kappa shape index (κ3) is 2.28. The largest absolute Gasteiger partial charge is 0.416 e. The first-order valence-corrected chi connectivity index (χ1v) is 7.38. The number of aryl methyl sites for hydroxylation is 1. The Hall–Kier alpha value is -3.28. The molecule has 0 aliphatic carbocycles. The van der Waals surface area contributed by atoms with Gasteiger partial charge in [-0.2, -0.15) is 15.3 Å². The molecule has 0 atom stereocenters. The van der Waals surface area contributed by atoms with E-state index in [4.69, 9.17) is 4.84 Å². The molecule has 5 heteroatoms. The van der Waals surface area contributed by atoms with Gasteiger partial charge in [0.2, 0.25) is 0 Å². The smallest absolute Gasteiger partial charge is 0.104 e. The molecule has 24 heavy (non-hydrogen) atoms. The molecule has 0 spiro atoms. The number of benzene rings is 2. The molecule has 0 aliphatic rings. The lowest BCUT2D eigenvalue weighted by Gasteiger charge is -2.10. The number of hydrogen-bond donors (Lipinski definition) is 1. The van der Waals surface area contributed by atoms with Gasteiger partial charge in [-0.1, -0.05) is 29.8 Å². The Kier molecular flexibility index (Phi) is 3.95. The van der Waals surface area contributed by atoms with Gasteiger partial charge < -0.3 is 9.94 Å². The van der Waals surface area contributed by atoms with Gasteiger partial charge >= 0.3 is 0 Å². The maximum atomic E-state index is 9.91. The number of aromatic nitrogens is 1. The third-order valence-electron chi connectivity index (χ3n) is 4.08. The van der Waals surface area contributed by atoms with Gasteiger partial charge in [-0.25, -0.2) is 0 Å². The molecule has 3 aromatic rings. The molecular formula is C19H15N3O2. The second-order valence-electron chi connectivity index (χ2n) is 5.47. The minimum Gasteiger partial charge on any atom is -0.416 e. The van der Waals surface area contributed by atoms with Crippen LogP contribution in [0.25, 0.3) is 22.2 Å². The summed E-state index contributed by atoms with van der Waals surface area (Å²) in [5.41, 5.74) is 4.60. The molecule has 5 nitrogen and oxygen atoms in total. The van der Waals surface area contributed by atoms with Crippen molar-refractivity contribution in [2.75, 3.05) is 7.11 Å². The van der Waals surface area contributed by atoms with Crippen LogP contribution in [0.1, 0.15) is 22.3 Å². The Labute approximate surface area is 139 Å². The molecule has 1 aromatic heterocycles. The average molecular weight is 317 g/mol. The topological polar surface area (TPSA) is 82.0 Å². The zero-order valence-corrected chi connectivity index (χ0v) is 13.4. The van der Waals surface area contributed by atoms with Crippen LogP contribution in [-0.4, -0.2) is 16.9 Å². The van der Waals surface area contributed by atoms with Crippen LogP contribution in [0.5, 0.6) is 0 Å². The van der Waals surface area contributed by atoms with Crippen LogP contribution in [0.3, 0.4) is 0 Å². The molecule has 0 bridgehead atoms. The van der Waals surface area contributed by atoms with E-state index in [0.717, 1.165) is 11.1 Å². The van der Waals surface area contributed by atoms with Gasteiger partial charge in [0.05, 0.1) is 28.9 Å². The summed E-state index contributed by atoms with van der Waals surface area (Å²) in [6.07, 6.45) is 0. The highest BCUT2D eigenvalue weighted by Gasteiger charge is 2.21. The van der Waals surface area contributed by atoms with E-state index in [2.05, 4.69) is 0 Å². The summed E-state index contributed by atoms with van der Waals surface area (Å²) < 4.78 is 1.59. The minimum absolute atomic E-state index is 0.202. The SMILES string of the molecule is COn1c(-c2ccc(C)cc2)c(CO)c2cc(C#N)c(C#N)cc21. The molecule has 0 saturated heterocycles. The Bertz CT molecular complexity index is 943. The number of rotatable bonds is 3. The Morgan fingerprint density at radius 1 is 1.08 bits per heavy atom. The van der Waals surface area contributed by atoms with Crippen LogP contribution in [0.15, 0.2) is 36.4 Å². The van der Waals surface area contributed by atoms with E-state index in [-0.39, 0.29) is 17.7 Å². The number of hydrogen-bond acceptors (Lipinski definition) is 4. The summed E-state index contributed by atoms with van der Waals surface area (Å²) in [5, 5.41) is 29.1. The molecular weight excluding hydrogens is 302 g/mol. The molecule has 2 aromatic carbocycles. The first-order chi connectivity index (χ1) is 11.6. The number of aliphatic hydroxyl groups is 1. The summed E-state index contributed by atoms with van der Waals surface area (Å²) >= 11 is 0. The predicted molar refractivity (Wildman–Crippen MR) is 90.0 cm³/mol. The minimum atomic E-state index is -0.202. The zero-order chi connectivity index (χ0) is 17.3. The molecule has 1 N–H and O–H groups in total. The van der Waals surface area contributed by atoms with E-state index in [1.165, 1.54) is 7.11 Å². The van der Waals surface area contributed by atoms with Crippen molar-refractivity contribution in [3.63, 3.8) is 0 Å². The van der Waals surface area contributed by atoms with Crippen LogP contribution in [0, 0.1) is 29.6 Å². The van der Waals surface area contributed by atoms with Crippen molar-refractivity contribution in [2.45, 2.75) is 13.5 Å². The standard InChI is InChI=1S/C19H15N3O2/c1-12-3-5-13(6-4-12)19-17(11-23)16-7-14(9-20)15(10-21)8-18(16)22(19)24-2/h3-8,23H,11H2,1-2H3. The summed E-state index contributed by atoms with van der Waals surface area (Å²) in [5.74, 6) is 0. The first-order valence-electron chi connectivity index (χ1n) is 7.38. The van der Waals surface area contributed by atoms with E-state index >= 15 is 0 Å². The Morgan fingerprint density at radius 2 is 1.71 bits per heavy atom. The van der Waals surface area contributed by atoms with Gasteiger partial charge in [0.25, 0.3) is 0 Å². The zero-order valence-electron chi connectivity index (χ0n) is 13.4. The van der Waals surface area contributed by atoms with Crippen molar-refractivity contribution in [3.05, 3.63) is 58.7 Å². The number of aliphatic hydroxyl groups excluding tert-OH is 1. The fraction of sp³-hybridized carbons (Fsp3) is 0.158. The first kappa shape index (κ1) is 15.6. The van der Waals surface area contributed by atoms with Crippen molar-refractivity contribution in [1.29, 1.82) is 10.5 Å². The lowest BCUT2D eigenvalue weighted by Crippen LogP contribution is -2.08. The van der Waals surface area contributed by atoms with Gasteiger partial charge in [0.15, 0.2) is 0 Å². The highest BCUT2D eigenvalue weighted by Crippen LogP contribution is 2.34. The molecule has 118 valence electrons. The molecule has 3 rings (SSSR count). The van der Waals surface area contributed by atoms with Crippen LogP contribution in [0.4, 0.5) is 0 Å². The van der Waals surface area contributed by atoms with Gasteiger partial charge in [0, 0.05) is 16.5 Å². The van der Waals surface area contributed by atoms with Crippen molar-refractivity contribution < 1.29 is 9.94 Å². The monoisotopic (exact) mass is 317 g/mol. The predicted octanol–water partition coefficient (Wildman–Crippen LogP) is 2.91. The maximum Gasteiger partial charge on any atom is 0.104 e. The lowest BCUT2D eigenvalue weighted by molar-refractivity contribution is 0.182. The number of nitrogens with zero attached hydrogens (tertiary/aromatic N) is 3. The number of fused-ring (bicyclic) bond motifs is 1. The van der Waals surface area contributed by atoms with E-state index < -0.39 is 0 Å². The van der Waals surface area contributed by atoms with E-state index in [1.54, 1.807) is 16.9 Å². The quantitative estimate of drug-likeness (QED) is 0.805. The normalized spacial score (nSPS) is 10.4. The molecule has 0 aliphatic heterocycles. The lowest BCUT2D eigenvalue weighted by atomic mass is 10.0. The van der Waals surface area contributed by atoms with Crippen molar-refractivity contribution in [2.24, 2.45) is 0 Å². The van der Waals surface area contributed by atoms with E-state index in [0.29, 0.717) is 22.2 Å². The molecule has 0 saturated carbocycles. The summed E-state index contributed by atoms with van der Waals surface area (Å²) in [7, 11) is 1.53. The van der Waals surface area contributed by atoms with E-state index in [1.807, 2.05) is 43.3 Å². The van der Waals surface area contributed by atoms with Crippen molar-refractivity contribution in [3.8, 4) is 23.4 Å². The molecule has 1 heterocycles. The fourth-order valence-corrected chi connectivity index (χ4v) is 2.91. The molecule has 0 unspecified atom stereocenters. The summed E-state index contributed by atoms with van der Waals surface area (Å²) in [6, 6.07) is 15.2. The highest BCUT2D eigenvalue weighted by atomic mass is 16.6. The molecule has 0 amide bonds. The maximum absolute atomic E-state index is 9.91. The van der Waals surface area contributed by atoms with Crippen LogP contribution in [0.2, 0.25) is 0 Å². The van der Waals surface area contributed by atoms with Crippen molar-refractivity contribution >= 4 is 10.9 Å². The average Bonchev–Trinajstić information content (AvgIpc) is 2.93. The highest BCUT2D eigenvalue weighted by molar-refractivity contribution is 5.93. The van der Waals surface area contributed by atoms with Crippen LogP contribution >= 0.6 is 0 Å². The second kappa shape index (κ2) is 6.08. The van der Waals surface area contributed by atoms with Crippen LogP contribution in [-0.2, 0) is 6.61 Å². The Balaban J connectivity index is 2.43. The van der Waals surface area contributed by atoms with Gasteiger partial charge in [-0.15, -0.1) is 0 Å². The number of nitriles is 2. The fourth-order valence-electron chi connectivity index (χ4n) is 2.91. The Morgan fingerprint density at radius 3 is 2.25 bits per heavy atom. The molecule has 0 fully saturated rings. The molecule has 0 radical (unpaired) electrons. The third-order valence-corrected chi connectivity index (χ3v) is 4.08. The summed E-state index contributed by atoms with van der Waals surface area (Å²) in [6.45, 7) is 1.80.